The molecule has 2 aromatic rings. The van der Waals surface area contributed by atoms with Crippen molar-refractivity contribution in [3.8, 4) is 6.07 Å². The highest BCUT2D eigenvalue weighted by molar-refractivity contribution is 6.43. The minimum atomic E-state index is -1.83. The number of hydrogen-bond donors (Lipinski definition) is 3. The maximum atomic E-state index is 13.3. The van der Waals surface area contributed by atoms with Gasteiger partial charge in [0.15, 0.2) is 0 Å². The van der Waals surface area contributed by atoms with Gasteiger partial charge in [-0.1, -0.05) is 18.2 Å². The number of furan rings is 1. The van der Waals surface area contributed by atoms with Crippen LogP contribution in [0.5, 0.6) is 0 Å². The summed E-state index contributed by atoms with van der Waals surface area (Å²) in [5.74, 6) is -1.42. The van der Waals surface area contributed by atoms with Crippen LogP contribution in [0.4, 0.5) is 4.79 Å². The molecule has 12 heteroatoms. The minimum absolute atomic E-state index is 0.0543. The summed E-state index contributed by atoms with van der Waals surface area (Å²) in [6, 6.07) is 9.01. The van der Waals surface area contributed by atoms with Crippen LogP contribution in [0, 0.1) is 11.3 Å². The van der Waals surface area contributed by atoms with Crippen LogP contribution in [-0.2, 0) is 20.7 Å². The lowest BCUT2D eigenvalue weighted by Crippen LogP contribution is -2.49. The van der Waals surface area contributed by atoms with Gasteiger partial charge in [-0.25, -0.2) is 4.79 Å². The first kappa shape index (κ1) is 28.6. The van der Waals surface area contributed by atoms with Crippen molar-refractivity contribution in [1.82, 2.24) is 15.1 Å². The van der Waals surface area contributed by atoms with Gasteiger partial charge in [0.05, 0.1) is 31.5 Å². The van der Waals surface area contributed by atoms with E-state index in [1.165, 1.54) is 6.26 Å². The average molecular weight is 538 g/mol. The Morgan fingerprint density at radius 1 is 1.28 bits per heavy atom. The molecule has 0 radical (unpaired) electrons. The number of ether oxygens (including phenoxy) is 2. The third-order valence-electron chi connectivity index (χ3n) is 7.38. The van der Waals surface area contributed by atoms with Crippen molar-refractivity contribution < 1.29 is 33.5 Å². The van der Waals surface area contributed by atoms with Crippen molar-refractivity contribution in [2.45, 2.75) is 50.6 Å². The molecule has 0 spiro atoms. The van der Waals surface area contributed by atoms with Crippen LogP contribution in [-0.4, -0.2) is 95.9 Å². The fourth-order valence-electron chi connectivity index (χ4n) is 5.18. The normalized spacial score (nSPS) is 19.5. The number of carbonyl (C=O) groups excluding carboxylic acids is 2. The number of rotatable bonds is 9. The lowest BCUT2D eigenvalue weighted by Gasteiger charge is -2.39. The fraction of sp³-hybridized carbons (Fsp3) is 0.519. The quantitative estimate of drug-likeness (QED) is 0.246. The standard InChI is InChI=1S/C27H35BN4O7/c1-27(2,31-10-12-37-13-11-31)15-20(16-29)25(33)32-9-5-6-21(32)18-39-26(34)30-24(28(35)36)14-19-17-38-23-8-4-3-7-22(19)23/h3-4,7-8,15,17,21,24,35-36H,5-6,9-14,18H2,1-2H3,(H,30,34)/b20-15+/t21-,24+/m1/s1. The summed E-state index contributed by atoms with van der Waals surface area (Å²) in [5, 5.41) is 32.8. The molecule has 2 fully saturated rings. The van der Waals surface area contributed by atoms with Crippen LogP contribution in [0.25, 0.3) is 11.0 Å². The first-order chi connectivity index (χ1) is 18.7. The molecule has 2 amide bonds. The second-order valence-corrected chi connectivity index (χ2v) is 10.4. The molecule has 3 N–H and O–H groups in total. The monoisotopic (exact) mass is 538 g/mol. The van der Waals surface area contributed by atoms with Gasteiger partial charge in [-0.15, -0.1) is 0 Å². The van der Waals surface area contributed by atoms with E-state index in [-0.39, 0.29) is 30.5 Å². The SMILES string of the molecule is CC(C)(/C=C(\C#N)C(=O)N1CCC[C@@H]1COC(=O)N[C@@H](Cc1coc2ccccc12)B(O)O)N1CCOCC1. The van der Waals surface area contributed by atoms with Crippen LogP contribution in [0.2, 0.25) is 0 Å². The zero-order valence-corrected chi connectivity index (χ0v) is 22.3. The molecule has 2 aliphatic heterocycles. The van der Waals surface area contributed by atoms with E-state index >= 15 is 0 Å². The van der Waals surface area contributed by atoms with Gasteiger partial charge in [-0.3, -0.25) is 9.69 Å². The van der Waals surface area contributed by atoms with Crippen molar-refractivity contribution in [3.05, 3.63) is 47.7 Å². The van der Waals surface area contributed by atoms with Gasteiger partial charge in [-0.05, 0) is 50.8 Å². The van der Waals surface area contributed by atoms with Crippen LogP contribution < -0.4 is 5.32 Å². The Kier molecular flexibility index (Phi) is 9.30. The number of benzene rings is 1. The van der Waals surface area contributed by atoms with E-state index in [1.54, 1.807) is 17.0 Å². The number of nitriles is 1. The molecule has 2 saturated heterocycles. The van der Waals surface area contributed by atoms with Gasteiger partial charge in [-0.2, -0.15) is 5.26 Å². The highest BCUT2D eigenvalue weighted by Crippen LogP contribution is 2.25. The van der Waals surface area contributed by atoms with Crippen LogP contribution in [0.1, 0.15) is 32.3 Å². The lowest BCUT2D eigenvalue weighted by molar-refractivity contribution is -0.128. The zero-order valence-electron chi connectivity index (χ0n) is 22.3. The number of morpholine rings is 1. The average Bonchev–Trinajstić information content (AvgIpc) is 3.57. The van der Waals surface area contributed by atoms with Crippen molar-refractivity contribution in [2.75, 3.05) is 39.5 Å². The summed E-state index contributed by atoms with van der Waals surface area (Å²) < 4.78 is 16.3. The predicted molar refractivity (Wildman–Crippen MR) is 143 cm³/mol. The van der Waals surface area contributed by atoms with E-state index in [0.29, 0.717) is 50.4 Å². The zero-order chi connectivity index (χ0) is 28.0. The van der Waals surface area contributed by atoms with Crippen LogP contribution in [0.3, 0.4) is 0 Å². The summed E-state index contributed by atoms with van der Waals surface area (Å²) in [6.45, 7) is 6.95. The first-order valence-electron chi connectivity index (χ1n) is 13.2. The molecule has 1 aromatic heterocycles. The maximum absolute atomic E-state index is 13.3. The van der Waals surface area contributed by atoms with Gasteiger partial charge in [0.25, 0.3) is 5.91 Å². The Bertz CT molecular complexity index is 1230. The van der Waals surface area contributed by atoms with Gasteiger partial charge in [0.2, 0.25) is 0 Å². The Hall–Kier alpha value is -3.37. The highest BCUT2D eigenvalue weighted by Gasteiger charge is 2.35. The fourth-order valence-corrected chi connectivity index (χ4v) is 5.18. The van der Waals surface area contributed by atoms with Gasteiger partial charge in [0, 0.05) is 30.6 Å². The van der Waals surface area contributed by atoms with Crippen molar-refractivity contribution in [3.63, 3.8) is 0 Å². The largest absolute Gasteiger partial charge is 0.475 e. The molecule has 208 valence electrons. The molecular weight excluding hydrogens is 503 g/mol. The number of hydrogen-bond acceptors (Lipinski definition) is 9. The molecule has 3 heterocycles. The number of likely N-dealkylation sites (tertiary alicyclic amines) is 1. The van der Waals surface area contributed by atoms with E-state index in [9.17, 15) is 24.9 Å². The molecule has 4 rings (SSSR count). The first-order valence-corrected chi connectivity index (χ1v) is 13.2. The van der Waals surface area contributed by atoms with Crippen LogP contribution in [0.15, 0.2) is 46.6 Å². The third kappa shape index (κ3) is 6.99. The third-order valence-corrected chi connectivity index (χ3v) is 7.38. The number of carbonyl (C=O) groups is 2. The number of amides is 2. The Labute approximate surface area is 228 Å². The number of nitrogens with one attached hydrogen (secondary N) is 1. The van der Waals surface area contributed by atoms with Crippen molar-refractivity contribution in [2.24, 2.45) is 0 Å². The molecule has 2 aliphatic rings. The molecule has 2 atom stereocenters. The summed E-state index contributed by atoms with van der Waals surface area (Å²) in [6.07, 6.45) is 3.86. The summed E-state index contributed by atoms with van der Waals surface area (Å²) in [5.41, 5.74) is 0.925. The van der Waals surface area contributed by atoms with Gasteiger partial charge >= 0.3 is 13.2 Å². The molecule has 0 unspecified atom stereocenters. The minimum Gasteiger partial charge on any atom is -0.464 e. The molecule has 0 saturated carbocycles. The lowest BCUT2D eigenvalue weighted by atomic mass is 9.76. The number of nitrogens with zero attached hydrogens (tertiary/aromatic N) is 3. The maximum Gasteiger partial charge on any atom is 0.475 e. The molecule has 0 bridgehead atoms. The van der Waals surface area contributed by atoms with E-state index in [4.69, 9.17) is 13.9 Å². The van der Waals surface area contributed by atoms with E-state index in [0.717, 1.165) is 11.8 Å². The van der Waals surface area contributed by atoms with Crippen molar-refractivity contribution in [1.29, 1.82) is 5.26 Å². The second-order valence-electron chi connectivity index (χ2n) is 10.4. The predicted octanol–water partition coefficient (Wildman–Crippen LogP) is 1.63. The molecular formula is C27H35BN4O7. The Balaban J connectivity index is 1.35. The molecule has 1 aromatic carbocycles. The summed E-state index contributed by atoms with van der Waals surface area (Å²) >= 11 is 0. The molecule has 39 heavy (non-hydrogen) atoms. The number of alkyl carbamates (subject to hydrolysis) is 1. The second kappa shape index (κ2) is 12.7. The van der Waals surface area contributed by atoms with Crippen LogP contribution >= 0.6 is 0 Å². The van der Waals surface area contributed by atoms with Crippen molar-refractivity contribution >= 4 is 30.1 Å². The molecule has 0 aliphatic carbocycles. The van der Waals surface area contributed by atoms with Gasteiger partial charge in [0.1, 0.15) is 23.8 Å². The summed E-state index contributed by atoms with van der Waals surface area (Å²) in [4.78, 5) is 29.6. The number of para-hydroxylation sites is 1. The topological polar surface area (TPSA) is 148 Å². The Morgan fingerprint density at radius 3 is 2.74 bits per heavy atom. The van der Waals surface area contributed by atoms with E-state index in [1.807, 2.05) is 32.0 Å². The van der Waals surface area contributed by atoms with E-state index in [2.05, 4.69) is 16.3 Å². The van der Waals surface area contributed by atoms with Gasteiger partial charge < -0.3 is 34.2 Å². The Morgan fingerprint density at radius 2 is 2.03 bits per heavy atom. The summed E-state index contributed by atoms with van der Waals surface area (Å²) in [7, 11) is -1.83. The highest BCUT2D eigenvalue weighted by atomic mass is 16.5. The molecule has 11 nitrogen and oxygen atoms in total. The number of fused-ring (bicyclic) bond motifs is 1. The van der Waals surface area contributed by atoms with E-state index < -0.39 is 24.7 Å². The smallest absolute Gasteiger partial charge is 0.464 e.